The average Bonchev–Trinajstić information content (AvgIpc) is 3.13. The standard InChI is InChI=1S/C41H29N2OP/c44-45(36-18-8-3-9-19-36)39-22-12-10-20-37(39)43(38-21-11-13-23-40(38)45)41-25-24-32(29-42-41)35-27-33(30-14-4-1-5-15-30)26-34(28-35)31-16-6-2-7-17-31/h1-29H. The van der Waals surface area contributed by atoms with E-state index in [9.17, 15) is 0 Å². The van der Waals surface area contributed by atoms with Crippen molar-refractivity contribution in [2.24, 2.45) is 0 Å². The summed E-state index contributed by atoms with van der Waals surface area (Å²) in [6.07, 6.45) is 1.95. The normalized spacial score (nSPS) is 13.1. The Balaban J connectivity index is 1.25. The molecule has 2 heterocycles. The van der Waals surface area contributed by atoms with Crippen LogP contribution in [0, 0.1) is 0 Å². The lowest BCUT2D eigenvalue weighted by atomic mass is 9.94. The molecule has 0 saturated carbocycles. The third kappa shape index (κ3) is 4.70. The number of anilines is 3. The molecule has 0 unspecified atom stereocenters. The van der Waals surface area contributed by atoms with Gasteiger partial charge in [-0.3, -0.25) is 4.90 Å². The fraction of sp³-hybridized carbons (Fsp3) is 0. The molecule has 0 saturated heterocycles. The maximum atomic E-state index is 15.1. The van der Waals surface area contributed by atoms with Crippen LogP contribution < -0.4 is 20.8 Å². The van der Waals surface area contributed by atoms with E-state index in [1.165, 1.54) is 11.1 Å². The van der Waals surface area contributed by atoms with E-state index in [-0.39, 0.29) is 0 Å². The van der Waals surface area contributed by atoms with Gasteiger partial charge in [0.2, 0.25) is 0 Å². The summed E-state index contributed by atoms with van der Waals surface area (Å²) in [6, 6.07) is 57.8. The first kappa shape index (κ1) is 27.1. The number of fused-ring (bicyclic) bond motifs is 2. The van der Waals surface area contributed by atoms with Crippen LogP contribution in [0.1, 0.15) is 0 Å². The van der Waals surface area contributed by atoms with Crippen LogP contribution in [-0.4, -0.2) is 4.98 Å². The number of hydrogen-bond acceptors (Lipinski definition) is 3. The molecule has 3 nitrogen and oxygen atoms in total. The average molecular weight is 597 g/mol. The van der Waals surface area contributed by atoms with E-state index in [0.717, 1.165) is 55.4 Å². The van der Waals surface area contributed by atoms with Crippen LogP contribution in [0.25, 0.3) is 33.4 Å². The number of rotatable bonds is 5. The smallest absolute Gasteiger partial charge is 0.175 e. The summed E-state index contributed by atoms with van der Waals surface area (Å²) in [5.41, 5.74) is 8.57. The molecule has 0 radical (unpaired) electrons. The second-order valence-electron chi connectivity index (χ2n) is 11.2. The highest BCUT2D eigenvalue weighted by atomic mass is 31.2. The van der Waals surface area contributed by atoms with E-state index in [1.807, 2.05) is 97.2 Å². The summed E-state index contributed by atoms with van der Waals surface area (Å²) in [5, 5.41) is 2.48. The van der Waals surface area contributed by atoms with Crippen LogP contribution in [0.4, 0.5) is 17.2 Å². The largest absolute Gasteiger partial charge is 0.308 e. The van der Waals surface area contributed by atoms with Gasteiger partial charge in [-0.1, -0.05) is 115 Å². The molecule has 1 aliphatic rings. The summed E-state index contributed by atoms with van der Waals surface area (Å²) in [5.74, 6) is 0.778. The molecular formula is C41H29N2OP. The number of aromatic nitrogens is 1. The Morgan fingerprint density at radius 3 is 1.36 bits per heavy atom. The predicted octanol–water partition coefficient (Wildman–Crippen LogP) is 9.51. The lowest BCUT2D eigenvalue weighted by Crippen LogP contribution is -2.36. The van der Waals surface area contributed by atoms with Gasteiger partial charge in [-0.05, 0) is 82.4 Å². The van der Waals surface area contributed by atoms with Gasteiger partial charge in [0.1, 0.15) is 5.82 Å². The van der Waals surface area contributed by atoms with Crippen molar-refractivity contribution in [1.29, 1.82) is 0 Å². The van der Waals surface area contributed by atoms with Crippen LogP contribution in [-0.2, 0) is 4.57 Å². The quantitative estimate of drug-likeness (QED) is 0.186. The van der Waals surface area contributed by atoms with Gasteiger partial charge in [0.25, 0.3) is 0 Å². The summed E-state index contributed by atoms with van der Waals surface area (Å²) in [6.45, 7) is 0. The summed E-state index contributed by atoms with van der Waals surface area (Å²) in [4.78, 5) is 7.18. The number of pyridine rings is 1. The van der Waals surface area contributed by atoms with Crippen molar-refractivity contribution in [3.63, 3.8) is 0 Å². The van der Waals surface area contributed by atoms with E-state index < -0.39 is 7.14 Å². The zero-order chi connectivity index (χ0) is 30.2. The highest BCUT2D eigenvalue weighted by Gasteiger charge is 2.40. The second kappa shape index (κ2) is 11.2. The fourth-order valence-corrected chi connectivity index (χ4v) is 9.33. The Hall–Kier alpha value is -5.50. The summed E-state index contributed by atoms with van der Waals surface area (Å²) in [7, 11) is -3.10. The molecule has 7 aromatic rings. The molecule has 214 valence electrons. The SMILES string of the molecule is O=P1(c2ccccc2)c2ccccc2N(c2ccc(-c3cc(-c4ccccc4)cc(-c4ccccc4)c3)cn2)c2ccccc21. The molecule has 6 aromatic carbocycles. The van der Waals surface area contributed by atoms with Crippen molar-refractivity contribution < 1.29 is 4.57 Å². The van der Waals surface area contributed by atoms with Gasteiger partial charge in [0.15, 0.2) is 7.14 Å². The lowest BCUT2D eigenvalue weighted by Gasteiger charge is -2.37. The van der Waals surface area contributed by atoms with Gasteiger partial charge in [0, 0.05) is 27.7 Å². The number of hydrogen-bond donors (Lipinski definition) is 0. The topological polar surface area (TPSA) is 33.2 Å². The third-order valence-corrected chi connectivity index (χ3v) is 11.6. The van der Waals surface area contributed by atoms with E-state index in [0.29, 0.717) is 0 Å². The lowest BCUT2D eigenvalue weighted by molar-refractivity contribution is 0.592. The monoisotopic (exact) mass is 596 g/mol. The number of nitrogens with zero attached hydrogens (tertiary/aromatic N) is 2. The first-order chi connectivity index (χ1) is 22.2. The summed E-state index contributed by atoms with van der Waals surface area (Å²) >= 11 is 0. The second-order valence-corrected chi connectivity index (χ2v) is 13.9. The molecule has 0 N–H and O–H groups in total. The Morgan fingerprint density at radius 1 is 0.422 bits per heavy atom. The molecule has 8 rings (SSSR count). The first-order valence-electron chi connectivity index (χ1n) is 15.1. The molecule has 0 spiro atoms. The predicted molar refractivity (Wildman–Crippen MR) is 188 cm³/mol. The minimum absolute atomic E-state index is 0.778. The zero-order valence-corrected chi connectivity index (χ0v) is 25.4. The van der Waals surface area contributed by atoms with Crippen molar-refractivity contribution in [2.75, 3.05) is 4.90 Å². The molecule has 0 amide bonds. The fourth-order valence-electron chi connectivity index (χ4n) is 6.34. The maximum absolute atomic E-state index is 15.1. The molecule has 1 aliphatic heterocycles. The molecule has 0 fully saturated rings. The van der Waals surface area contributed by atoms with Crippen LogP contribution in [0.3, 0.4) is 0 Å². The van der Waals surface area contributed by atoms with Crippen molar-refractivity contribution in [3.8, 4) is 33.4 Å². The highest BCUT2D eigenvalue weighted by Crippen LogP contribution is 2.53. The summed E-state index contributed by atoms with van der Waals surface area (Å²) < 4.78 is 15.1. The van der Waals surface area contributed by atoms with Gasteiger partial charge < -0.3 is 4.57 Å². The Kier molecular flexibility index (Phi) is 6.74. The van der Waals surface area contributed by atoms with Crippen molar-refractivity contribution in [2.45, 2.75) is 0 Å². The van der Waals surface area contributed by atoms with Gasteiger partial charge in [0.05, 0.1) is 11.4 Å². The van der Waals surface area contributed by atoms with Gasteiger partial charge >= 0.3 is 0 Å². The van der Waals surface area contributed by atoms with Crippen LogP contribution in [0.2, 0.25) is 0 Å². The highest BCUT2D eigenvalue weighted by molar-refractivity contribution is 7.86. The zero-order valence-electron chi connectivity index (χ0n) is 24.5. The van der Waals surface area contributed by atoms with Gasteiger partial charge in [-0.25, -0.2) is 4.98 Å². The van der Waals surface area contributed by atoms with Gasteiger partial charge in [-0.2, -0.15) is 0 Å². The molecule has 0 bridgehead atoms. The van der Waals surface area contributed by atoms with Gasteiger partial charge in [-0.15, -0.1) is 0 Å². The Labute approximate surface area is 263 Å². The molecule has 4 heteroatoms. The minimum Gasteiger partial charge on any atom is -0.308 e. The Morgan fingerprint density at radius 2 is 0.867 bits per heavy atom. The molecule has 0 aliphatic carbocycles. The van der Waals surface area contributed by atoms with E-state index in [4.69, 9.17) is 4.98 Å². The number of benzene rings is 6. The first-order valence-corrected chi connectivity index (χ1v) is 16.8. The van der Waals surface area contributed by atoms with Crippen LogP contribution >= 0.6 is 7.14 Å². The van der Waals surface area contributed by atoms with Crippen molar-refractivity contribution >= 4 is 40.2 Å². The molecule has 0 atom stereocenters. The Bertz CT molecular complexity index is 2070. The van der Waals surface area contributed by atoms with E-state index in [2.05, 4.69) is 83.8 Å². The van der Waals surface area contributed by atoms with Crippen LogP contribution in [0.15, 0.2) is 176 Å². The van der Waals surface area contributed by atoms with E-state index in [1.54, 1.807) is 0 Å². The molecule has 45 heavy (non-hydrogen) atoms. The van der Waals surface area contributed by atoms with E-state index >= 15 is 4.57 Å². The van der Waals surface area contributed by atoms with Crippen molar-refractivity contribution in [3.05, 3.63) is 176 Å². The third-order valence-electron chi connectivity index (χ3n) is 8.50. The van der Waals surface area contributed by atoms with Crippen molar-refractivity contribution in [1.82, 2.24) is 4.98 Å². The molecule has 1 aromatic heterocycles. The maximum Gasteiger partial charge on any atom is 0.175 e. The van der Waals surface area contributed by atoms with Crippen LogP contribution in [0.5, 0.6) is 0 Å². The minimum atomic E-state index is -3.10. The number of para-hydroxylation sites is 2. The molecular weight excluding hydrogens is 567 g/mol.